The van der Waals surface area contributed by atoms with E-state index in [2.05, 4.69) is 0 Å². The molecule has 0 aromatic carbocycles. The highest BCUT2D eigenvalue weighted by molar-refractivity contribution is 5.92. The number of allylic oxidation sites excluding steroid dienone is 2. The van der Waals surface area contributed by atoms with Crippen molar-refractivity contribution in [1.29, 1.82) is 0 Å². The van der Waals surface area contributed by atoms with Gasteiger partial charge in [-0.25, -0.2) is 0 Å². The van der Waals surface area contributed by atoms with Gasteiger partial charge >= 0.3 is 0 Å². The second-order valence-electron chi connectivity index (χ2n) is 4.38. The summed E-state index contributed by atoms with van der Waals surface area (Å²) in [5, 5.41) is 0. The van der Waals surface area contributed by atoms with Crippen LogP contribution in [0.1, 0.15) is 38.5 Å². The molecule has 0 heterocycles. The molecule has 0 amide bonds. The fourth-order valence-electron chi connectivity index (χ4n) is 2.37. The van der Waals surface area contributed by atoms with Crippen LogP contribution in [-0.4, -0.2) is 11.3 Å². The molecule has 76 valence electrons. The largest absolute Gasteiger partial charge is 0.321 e. The zero-order valence-electron chi connectivity index (χ0n) is 8.46. The van der Waals surface area contributed by atoms with Crippen LogP contribution in [-0.2, 0) is 4.79 Å². The molecule has 1 saturated carbocycles. The molecule has 2 aliphatic rings. The van der Waals surface area contributed by atoms with Crippen LogP contribution in [0.15, 0.2) is 23.8 Å². The van der Waals surface area contributed by atoms with E-state index in [1.807, 2.05) is 12.2 Å². The third kappa shape index (κ3) is 1.80. The van der Waals surface area contributed by atoms with Crippen molar-refractivity contribution in [2.24, 2.45) is 5.73 Å². The lowest BCUT2D eigenvalue weighted by atomic mass is 9.75. The van der Waals surface area contributed by atoms with E-state index in [0.717, 1.165) is 12.8 Å². The second-order valence-corrected chi connectivity index (χ2v) is 4.38. The molecule has 14 heavy (non-hydrogen) atoms. The first-order chi connectivity index (χ1) is 6.71. The van der Waals surface area contributed by atoms with Gasteiger partial charge in [-0.15, -0.1) is 0 Å². The first kappa shape index (κ1) is 9.66. The van der Waals surface area contributed by atoms with Crippen molar-refractivity contribution < 1.29 is 4.79 Å². The molecule has 0 saturated heterocycles. The number of nitrogens with two attached hydrogens (primary N) is 1. The highest BCUT2D eigenvalue weighted by atomic mass is 16.1. The van der Waals surface area contributed by atoms with Crippen molar-refractivity contribution in [3.05, 3.63) is 23.8 Å². The van der Waals surface area contributed by atoms with Crippen LogP contribution in [0.5, 0.6) is 0 Å². The van der Waals surface area contributed by atoms with Crippen molar-refractivity contribution in [3.8, 4) is 0 Å². The third-order valence-corrected chi connectivity index (χ3v) is 3.29. The van der Waals surface area contributed by atoms with Gasteiger partial charge in [0.05, 0.1) is 0 Å². The molecule has 0 bridgehead atoms. The summed E-state index contributed by atoms with van der Waals surface area (Å²) in [7, 11) is 0. The first-order valence-electron chi connectivity index (χ1n) is 5.41. The molecule has 2 heteroatoms. The Kier molecular flexibility index (Phi) is 2.55. The van der Waals surface area contributed by atoms with E-state index in [-0.39, 0.29) is 11.3 Å². The van der Waals surface area contributed by atoms with Crippen molar-refractivity contribution in [3.63, 3.8) is 0 Å². The van der Waals surface area contributed by atoms with Gasteiger partial charge in [-0.05, 0) is 24.5 Å². The topological polar surface area (TPSA) is 43.1 Å². The summed E-state index contributed by atoms with van der Waals surface area (Å²) in [6, 6.07) is 0. The van der Waals surface area contributed by atoms with Crippen molar-refractivity contribution in [2.75, 3.05) is 0 Å². The molecule has 0 aromatic rings. The van der Waals surface area contributed by atoms with Crippen LogP contribution >= 0.6 is 0 Å². The summed E-state index contributed by atoms with van der Waals surface area (Å²) in [4.78, 5) is 11.0. The molecule has 2 nitrogen and oxygen atoms in total. The standard InChI is InChI=1S/C12H17NO/c13-12(8-2-1-3-9-12)10-4-6-11(14)7-5-10/h4-6H,1-3,7-9,13H2. The maximum Gasteiger partial charge on any atom is 0.159 e. The molecule has 2 N–H and O–H groups in total. The lowest BCUT2D eigenvalue weighted by Crippen LogP contribution is -2.43. The van der Waals surface area contributed by atoms with E-state index < -0.39 is 0 Å². The van der Waals surface area contributed by atoms with Gasteiger partial charge < -0.3 is 5.73 Å². The van der Waals surface area contributed by atoms with Crippen molar-refractivity contribution in [1.82, 2.24) is 0 Å². The molecular weight excluding hydrogens is 174 g/mol. The van der Waals surface area contributed by atoms with E-state index in [0.29, 0.717) is 6.42 Å². The Morgan fingerprint density at radius 1 is 1.14 bits per heavy atom. The Morgan fingerprint density at radius 2 is 1.86 bits per heavy atom. The quantitative estimate of drug-likeness (QED) is 0.689. The van der Waals surface area contributed by atoms with Crippen LogP contribution in [0.3, 0.4) is 0 Å². The fourth-order valence-corrected chi connectivity index (χ4v) is 2.37. The molecular formula is C12H17NO. The lowest BCUT2D eigenvalue weighted by molar-refractivity contribution is -0.113. The van der Waals surface area contributed by atoms with Gasteiger partial charge in [-0.2, -0.15) is 0 Å². The normalized spacial score (nSPS) is 26.1. The Hall–Kier alpha value is -0.890. The number of hydrogen-bond acceptors (Lipinski definition) is 2. The van der Waals surface area contributed by atoms with Crippen molar-refractivity contribution in [2.45, 2.75) is 44.1 Å². The second kappa shape index (κ2) is 3.70. The number of ketones is 1. The van der Waals surface area contributed by atoms with Gasteiger partial charge in [0.2, 0.25) is 0 Å². The molecule has 0 atom stereocenters. The number of carbonyl (C=O) groups is 1. The summed E-state index contributed by atoms with van der Waals surface area (Å²) in [6.45, 7) is 0. The predicted molar refractivity (Wildman–Crippen MR) is 56.9 cm³/mol. The van der Waals surface area contributed by atoms with Gasteiger partial charge in [0.15, 0.2) is 5.78 Å². The van der Waals surface area contributed by atoms with E-state index in [9.17, 15) is 4.79 Å². The van der Waals surface area contributed by atoms with E-state index in [1.165, 1.54) is 24.8 Å². The van der Waals surface area contributed by atoms with E-state index >= 15 is 0 Å². The molecule has 2 aliphatic carbocycles. The summed E-state index contributed by atoms with van der Waals surface area (Å²) in [5.74, 6) is 0.188. The van der Waals surface area contributed by atoms with Crippen LogP contribution in [0.2, 0.25) is 0 Å². The average Bonchev–Trinajstić information content (AvgIpc) is 2.19. The Balaban J connectivity index is 2.14. The third-order valence-electron chi connectivity index (χ3n) is 3.29. The Morgan fingerprint density at radius 3 is 2.43 bits per heavy atom. The van der Waals surface area contributed by atoms with E-state index in [1.54, 1.807) is 6.08 Å². The minimum atomic E-state index is -0.143. The molecule has 0 unspecified atom stereocenters. The lowest BCUT2D eigenvalue weighted by Gasteiger charge is -2.35. The zero-order valence-corrected chi connectivity index (χ0v) is 8.46. The summed E-state index contributed by atoms with van der Waals surface area (Å²) < 4.78 is 0. The van der Waals surface area contributed by atoms with Gasteiger partial charge in [0.25, 0.3) is 0 Å². The maximum absolute atomic E-state index is 11.0. The Labute approximate surface area is 84.9 Å². The summed E-state index contributed by atoms with van der Waals surface area (Å²) in [5.41, 5.74) is 7.38. The summed E-state index contributed by atoms with van der Waals surface area (Å²) >= 11 is 0. The Bertz CT molecular complexity index is 295. The monoisotopic (exact) mass is 191 g/mol. The number of rotatable bonds is 1. The van der Waals surface area contributed by atoms with Crippen LogP contribution < -0.4 is 5.73 Å². The summed E-state index contributed by atoms with van der Waals surface area (Å²) in [6.07, 6.45) is 12.0. The van der Waals surface area contributed by atoms with Crippen LogP contribution in [0.25, 0.3) is 0 Å². The van der Waals surface area contributed by atoms with Crippen LogP contribution in [0.4, 0.5) is 0 Å². The van der Waals surface area contributed by atoms with Crippen LogP contribution in [0, 0.1) is 0 Å². The number of carbonyl (C=O) groups excluding carboxylic acids is 1. The van der Waals surface area contributed by atoms with Crippen molar-refractivity contribution >= 4 is 5.78 Å². The van der Waals surface area contributed by atoms with Gasteiger partial charge in [-0.3, -0.25) is 4.79 Å². The highest BCUT2D eigenvalue weighted by Crippen LogP contribution is 2.33. The minimum absolute atomic E-state index is 0.143. The van der Waals surface area contributed by atoms with E-state index in [4.69, 9.17) is 5.73 Å². The van der Waals surface area contributed by atoms with Gasteiger partial charge in [0, 0.05) is 12.0 Å². The maximum atomic E-state index is 11.0. The SMILES string of the molecule is NC1(C2=CCC(=O)C=C2)CCCCC1. The molecule has 0 spiro atoms. The molecule has 2 rings (SSSR count). The molecule has 0 aromatic heterocycles. The predicted octanol–water partition coefficient (Wildman–Crippen LogP) is 2.10. The average molecular weight is 191 g/mol. The molecule has 0 aliphatic heterocycles. The first-order valence-corrected chi connectivity index (χ1v) is 5.41. The number of hydrogen-bond donors (Lipinski definition) is 1. The zero-order chi connectivity index (χ0) is 10.0. The minimum Gasteiger partial charge on any atom is -0.321 e. The highest BCUT2D eigenvalue weighted by Gasteiger charge is 2.30. The molecule has 0 radical (unpaired) electrons. The fraction of sp³-hybridized carbons (Fsp3) is 0.583. The smallest absolute Gasteiger partial charge is 0.159 e. The molecule has 1 fully saturated rings. The van der Waals surface area contributed by atoms with Gasteiger partial charge in [0.1, 0.15) is 0 Å². The van der Waals surface area contributed by atoms with Gasteiger partial charge in [-0.1, -0.05) is 31.4 Å².